The molecule has 2 aliphatic heterocycles. The number of halogens is 2. The van der Waals surface area contributed by atoms with E-state index in [2.05, 4.69) is 11.8 Å². The zero-order valence-electron chi connectivity index (χ0n) is 19.0. The molecule has 0 bridgehead atoms. The van der Waals surface area contributed by atoms with Gasteiger partial charge in [-0.2, -0.15) is 0 Å². The topological polar surface area (TPSA) is 62.2 Å². The second kappa shape index (κ2) is 10.5. The normalized spacial score (nSPS) is 22.1. The largest absolute Gasteiger partial charge is 0.493 e. The molecular formula is C25H30Cl2N2O4. The molecule has 2 aromatic rings. The van der Waals surface area contributed by atoms with Crippen molar-refractivity contribution >= 4 is 34.8 Å². The lowest BCUT2D eigenvalue weighted by Crippen LogP contribution is -2.35. The highest BCUT2D eigenvalue weighted by molar-refractivity contribution is 6.42. The summed E-state index contributed by atoms with van der Waals surface area (Å²) in [5.74, 6) is 1.24. The van der Waals surface area contributed by atoms with Crippen molar-refractivity contribution in [3.8, 4) is 11.5 Å². The number of piperidine rings is 1. The average molecular weight is 493 g/mol. The van der Waals surface area contributed by atoms with Gasteiger partial charge in [0.1, 0.15) is 12.8 Å². The Morgan fingerprint density at radius 1 is 1.06 bits per heavy atom. The third-order valence-electron chi connectivity index (χ3n) is 6.59. The van der Waals surface area contributed by atoms with Gasteiger partial charge in [0.25, 0.3) is 0 Å². The maximum absolute atomic E-state index is 13.2. The smallest absolute Gasteiger partial charge is 0.236 e. The van der Waals surface area contributed by atoms with Gasteiger partial charge >= 0.3 is 0 Å². The van der Waals surface area contributed by atoms with Gasteiger partial charge in [-0.1, -0.05) is 36.2 Å². The van der Waals surface area contributed by atoms with Crippen molar-refractivity contribution in [2.24, 2.45) is 5.92 Å². The van der Waals surface area contributed by atoms with Crippen LogP contribution in [0, 0.1) is 5.92 Å². The molecule has 6 nitrogen and oxygen atoms in total. The molecule has 0 spiro atoms. The Hall–Kier alpha value is -1.99. The molecule has 2 atom stereocenters. The molecule has 178 valence electrons. The van der Waals surface area contributed by atoms with Gasteiger partial charge < -0.3 is 14.6 Å². The standard InChI is InChI=1S/C25H30Cl2N2O4/c1-16-7-9-28(10-8-16)11-12-33-23-14-18(4-6-22(23)32-2)29-24(30)15-19(25(29)31)17-3-5-20(26)21(27)13-17/h3-6,13-14,16,19,24,30H,7-12,15H2,1-2H3. The predicted octanol–water partition coefficient (Wildman–Crippen LogP) is 4.95. The van der Waals surface area contributed by atoms with Gasteiger partial charge in [-0.15, -0.1) is 0 Å². The molecule has 1 amide bonds. The number of hydrogen-bond donors (Lipinski definition) is 1. The summed E-state index contributed by atoms with van der Waals surface area (Å²) >= 11 is 12.2. The van der Waals surface area contributed by atoms with E-state index in [1.807, 2.05) is 0 Å². The van der Waals surface area contributed by atoms with E-state index in [4.69, 9.17) is 32.7 Å². The monoisotopic (exact) mass is 492 g/mol. The van der Waals surface area contributed by atoms with Gasteiger partial charge in [-0.05, 0) is 61.7 Å². The van der Waals surface area contributed by atoms with Crippen molar-refractivity contribution in [3.63, 3.8) is 0 Å². The quantitative estimate of drug-likeness (QED) is 0.592. The summed E-state index contributed by atoms with van der Waals surface area (Å²) in [5.41, 5.74) is 1.30. The molecule has 0 aliphatic carbocycles. The third kappa shape index (κ3) is 5.40. The van der Waals surface area contributed by atoms with Crippen LogP contribution >= 0.6 is 23.2 Å². The highest BCUT2D eigenvalue weighted by Crippen LogP contribution is 2.40. The maximum Gasteiger partial charge on any atom is 0.236 e. The minimum absolute atomic E-state index is 0.195. The Balaban J connectivity index is 1.47. The summed E-state index contributed by atoms with van der Waals surface area (Å²) in [6, 6.07) is 10.4. The van der Waals surface area contributed by atoms with Crippen molar-refractivity contribution in [2.45, 2.75) is 38.3 Å². The molecule has 2 unspecified atom stereocenters. The van der Waals surface area contributed by atoms with Crippen molar-refractivity contribution in [1.82, 2.24) is 4.90 Å². The van der Waals surface area contributed by atoms with E-state index in [9.17, 15) is 9.90 Å². The number of likely N-dealkylation sites (tertiary alicyclic amines) is 1. The van der Waals surface area contributed by atoms with Crippen LogP contribution in [0.15, 0.2) is 36.4 Å². The zero-order valence-corrected chi connectivity index (χ0v) is 20.5. The molecule has 2 aromatic carbocycles. The van der Waals surface area contributed by atoms with Crippen LogP contribution in [0.4, 0.5) is 5.69 Å². The number of amides is 1. The predicted molar refractivity (Wildman–Crippen MR) is 131 cm³/mol. The van der Waals surface area contributed by atoms with Crippen LogP contribution in [0.1, 0.15) is 37.7 Å². The Kier molecular flexibility index (Phi) is 7.69. The Morgan fingerprint density at radius 3 is 2.52 bits per heavy atom. The first-order valence-corrected chi connectivity index (χ1v) is 12.1. The van der Waals surface area contributed by atoms with E-state index in [0.29, 0.717) is 33.8 Å². The number of anilines is 1. The number of rotatable bonds is 7. The first-order chi connectivity index (χ1) is 15.9. The third-order valence-corrected chi connectivity index (χ3v) is 7.33. The number of carbonyl (C=O) groups is 1. The number of nitrogens with zero attached hydrogens (tertiary/aromatic N) is 2. The average Bonchev–Trinajstić information content (AvgIpc) is 3.10. The highest BCUT2D eigenvalue weighted by Gasteiger charge is 2.40. The number of hydrogen-bond acceptors (Lipinski definition) is 5. The lowest BCUT2D eigenvalue weighted by atomic mass is 9.97. The van der Waals surface area contributed by atoms with Crippen molar-refractivity contribution < 1.29 is 19.4 Å². The van der Waals surface area contributed by atoms with Crippen molar-refractivity contribution in [2.75, 3.05) is 38.3 Å². The van der Waals surface area contributed by atoms with Gasteiger partial charge in [-0.25, -0.2) is 0 Å². The maximum atomic E-state index is 13.2. The van der Waals surface area contributed by atoms with Crippen molar-refractivity contribution in [1.29, 1.82) is 0 Å². The van der Waals surface area contributed by atoms with E-state index < -0.39 is 12.1 Å². The minimum Gasteiger partial charge on any atom is -0.493 e. The van der Waals surface area contributed by atoms with Crippen molar-refractivity contribution in [3.05, 3.63) is 52.0 Å². The van der Waals surface area contributed by atoms with Gasteiger partial charge in [0, 0.05) is 19.0 Å². The molecule has 0 aromatic heterocycles. The molecule has 8 heteroatoms. The molecule has 2 aliphatic rings. The Morgan fingerprint density at radius 2 is 1.82 bits per heavy atom. The molecule has 1 N–H and O–H groups in total. The zero-order chi connectivity index (χ0) is 23.5. The van der Waals surface area contributed by atoms with Crippen LogP contribution in [0.25, 0.3) is 0 Å². The van der Waals surface area contributed by atoms with Crippen LogP contribution in [0.2, 0.25) is 10.0 Å². The molecule has 0 radical (unpaired) electrons. The van der Waals surface area contributed by atoms with E-state index in [0.717, 1.165) is 31.1 Å². The SMILES string of the molecule is COc1ccc(N2C(=O)C(c3ccc(Cl)c(Cl)c3)CC2O)cc1OCCN1CCC(C)CC1. The molecule has 2 saturated heterocycles. The first-order valence-electron chi connectivity index (χ1n) is 11.4. The molecule has 4 rings (SSSR count). The second-order valence-corrected chi connectivity index (χ2v) is 9.67. The summed E-state index contributed by atoms with van der Waals surface area (Å²) in [6.07, 6.45) is 1.75. The number of methoxy groups -OCH3 is 1. The van der Waals surface area contributed by atoms with Crippen LogP contribution in [-0.2, 0) is 4.79 Å². The first kappa shape index (κ1) is 24.1. The van der Waals surface area contributed by atoms with Crippen LogP contribution in [0.5, 0.6) is 11.5 Å². The summed E-state index contributed by atoms with van der Waals surface area (Å²) in [5, 5.41) is 11.5. The van der Waals surface area contributed by atoms with Gasteiger partial charge in [-0.3, -0.25) is 14.6 Å². The van der Waals surface area contributed by atoms with E-state index in [1.54, 1.807) is 43.5 Å². The summed E-state index contributed by atoms with van der Waals surface area (Å²) < 4.78 is 11.5. The molecule has 0 saturated carbocycles. The summed E-state index contributed by atoms with van der Waals surface area (Å²) in [4.78, 5) is 17.1. The summed E-state index contributed by atoms with van der Waals surface area (Å²) in [6.45, 7) is 5.84. The van der Waals surface area contributed by atoms with Gasteiger partial charge in [0.15, 0.2) is 11.5 Å². The number of aliphatic hydroxyl groups is 1. The van der Waals surface area contributed by atoms with Crippen LogP contribution in [0.3, 0.4) is 0 Å². The fourth-order valence-corrected chi connectivity index (χ4v) is 4.84. The number of ether oxygens (including phenoxy) is 2. The van der Waals surface area contributed by atoms with E-state index in [-0.39, 0.29) is 12.3 Å². The fraction of sp³-hybridized carbons (Fsp3) is 0.480. The number of carbonyl (C=O) groups excluding carboxylic acids is 1. The fourth-order valence-electron chi connectivity index (χ4n) is 4.54. The number of aliphatic hydroxyl groups excluding tert-OH is 1. The molecule has 33 heavy (non-hydrogen) atoms. The van der Waals surface area contributed by atoms with Gasteiger partial charge in [0.05, 0.1) is 28.8 Å². The number of benzene rings is 2. The molecule has 2 fully saturated rings. The summed E-state index contributed by atoms with van der Waals surface area (Å²) in [7, 11) is 1.59. The van der Waals surface area contributed by atoms with Gasteiger partial charge in [0.2, 0.25) is 5.91 Å². The lowest BCUT2D eigenvalue weighted by Gasteiger charge is -2.30. The van der Waals surface area contributed by atoms with E-state index in [1.165, 1.54) is 17.7 Å². The minimum atomic E-state index is -0.950. The lowest BCUT2D eigenvalue weighted by molar-refractivity contribution is -0.118. The van der Waals surface area contributed by atoms with E-state index >= 15 is 0 Å². The molecular weight excluding hydrogens is 463 g/mol. The Labute approximate surface area is 205 Å². The Bertz CT molecular complexity index is 994. The molecule has 2 heterocycles. The van der Waals surface area contributed by atoms with Crippen LogP contribution in [-0.4, -0.2) is 55.5 Å². The highest BCUT2D eigenvalue weighted by atomic mass is 35.5. The van der Waals surface area contributed by atoms with Crippen LogP contribution < -0.4 is 14.4 Å². The second-order valence-electron chi connectivity index (χ2n) is 8.86.